The maximum atomic E-state index is 6.55. The van der Waals surface area contributed by atoms with Gasteiger partial charge in [-0.05, 0) is 69.5 Å². The maximum absolute atomic E-state index is 6.55. The summed E-state index contributed by atoms with van der Waals surface area (Å²) in [6, 6.07) is 17.1. The first-order valence-electron chi connectivity index (χ1n) is 14.8. The van der Waals surface area contributed by atoms with E-state index in [4.69, 9.17) is 14.7 Å². The number of aromatic nitrogens is 2. The second-order valence-electron chi connectivity index (χ2n) is 12.2. The van der Waals surface area contributed by atoms with Crippen molar-refractivity contribution in [2.24, 2.45) is 0 Å². The van der Waals surface area contributed by atoms with Gasteiger partial charge in [-0.1, -0.05) is 36.4 Å². The summed E-state index contributed by atoms with van der Waals surface area (Å²) in [6.07, 6.45) is 8.54. The van der Waals surface area contributed by atoms with E-state index in [0.717, 1.165) is 44.1 Å². The van der Waals surface area contributed by atoms with E-state index in [2.05, 4.69) is 62.5 Å². The highest BCUT2D eigenvalue weighted by Crippen LogP contribution is 2.40. The van der Waals surface area contributed by atoms with E-state index in [-0.39, 0.29) is 5.54 Å². The van der Waals surface area contributed by atoms with E-state index in [1.807, 2.05) is 0 Å². The van der Waals surface area contributed by atoms with Crippen molar-refractivity contribution in [1.29, 1.82) is 0 Å². The molecule has 4 fully saturated rings. The van der Waals surface area contributed by atoms with Crippen LogP contribution in [0.5, 0.6) is 6.01 Å². The predicted molar refractivity (Wildman–Crippen MR) is 151 cm³/mol. The lowest BCUT2D eigenvalue weighted by molar-refractivity contribution is 0.107. The molecule has 1 N–H and O–H groups in total. The molecule has 2 aromatic carbocycles. The number of hydrogen-bond acceptors (Lipinski definition) is 7. The molecule has 2 atom stereocenters. The molecule has 0 saturated carbocycles. The number of nitrogens with zero attached hydrogens (tertiary/aromatic N) is 5. The second-order valence-corrected chi connectivity index (χ2v) is 12.2. The number of fused-ring (bicyclic) bond motifs is 5. The zero-order valence-electron chi connectivity index (χ0n) is 22.2. The Kier molecular flexibility index (Phi) is 5.51. The molecular formula is C31H38N6O. The lowest BCUT2D eigenvalue weighted by Crippen LogP contribution is -2.52. The number of hydrogen-bond donors (Lipinski definition) is 1. The molecular weight excluding hydrogens is 472 g/mol. The molecule has 2 bridgehead atoms. The third-order valence-corrected chi connectivity index (χ3v) is 9.93. The van der Waals surface area contributed by atoms with E-state index in [9.17, 15) is 0 Å². The molecule has 6 heterocycles. The summed E-state index contributed by atoms with van der Waals surface area (Å²) < 4.78 is 6.55. The predicted octanol–water partition coefficient (Wildman–Crippen LogP) is 4.14. The highest BCUT2D eigenvalue weighted by atomic mass is 16.5. The first-order chi connectivity index (χ1) is 18.7. The van der Waals surface area contributed by atoms with Crippen molar-refractivity contribution in [2.75, 3.05) is 49.1 Å². The van der Waals surface area contributed by atoms with Gasteiger partial charge in [-0.15, -0.1) is 0 Å². The van der Waals surface area contributed by atoms with Gasteiger partial charge in [0, 0.05) is 48.4 Å². The van der Waals surface area contributed by atoms with Crippen LogP contribution in [0, 0.1) is 0 Å². The summed E-state index contributed by atoms with van der Waals surface area (Å²) >= 11 is 0. The number of nitrogens with one attached hydrogen (secondary N) is 1. The number of ether oxygens (including phenoxy) is 1. The highest BCUT2D eigenvalue weighted by molar-refractivity contribution is 5.94. The zero-order valence-corrected chi connectivity index (χ0v) is 22.2. The maximum Gasteiger partial charge on any atom is 0.318 e. The lowest BCUT2D eigenvalue weighted by Gasteiger charge is -2.38. The largest absolute Gasteiger partial charge is 0.461 e. The molecule has 3 aromatic rings. The Balaban J connectivity index is 1.14. The van der Waals surface area contributed by atoms with Crippen molar-refractivity contribution in [1.82, 2.24) is 20.2 Å². The van der Waals surface area contributed by atoms with Gasteiger partial charge in [0.1, 0.15) is 12.4 Å². The molecule has 2 unspecified atom stereocenters. The van der Waals surface area contributed by atoms with Crippen molar-refractivity contribution in [3.8, 4) is 6.01 Å². The molecule has 7 nitrogen and oxygen atoms in total. The fourth-order valence-corrected chi connectivity index (χ4v) is 8.03. The summed E-state index contributed by atoms with van der Waals surface area (Å²) in [5.74, 6) is 1.13. The number of anilines is 2. The van der Waals surface area contributed by atoms with Crippen LogP contribution in [0.25, 0.3) is 10.8 Å². The topological polar surface area (TPSA) is 56.8 Å². The van der Waals surface area contributed by atoms with Crippen LogP contribution in [-0.2, 0) is 13.0 Å². The average molecular weight is 511 g/mol. The van der Waals surface area contributed by atoms with Crippen LogP contribution in [0.1, 0.15) is 49.8 Å². The number of rotatable bonds is 5. The van der Waals surface area contributed by atoms with Gasteiger partial charge in [0.2, 0.25) is 0 Å². The van der Waals surface area contributed by atoms with Crippen molar-refractivity contribution in [3.63, 3.8) is 0 Å². The molecule has 38 heavy (non-hydrogen) atoms. The minimum absolute atomic E-state index is 0.197. The fraction of sp³-hybridized carbons (Fsp3) is 0.548. The fourth-order valence-electron chi connectivity index (χ4n) is 8.03. The summed E-state index contributed by atoms with van der Waals surface area (Å²) in [4.78, 5) is 18.0. The quantitative estimate of drug-likeness (QED) is 0.554. The molecule has 7 heteroatoms. The summed E-state index contributed by atoms with van der Waals surface area (Å²) in [7, 11) is 0. The molecule has 0 amide bonds. The van der Waals surface area contributed by atoms with Crippen LogP contribution in [-0.4, -0.2) is 71.8 Å². The Bertz CT molecular complexity index is 1330. The minimum Gasteiger partial charge on any atom is -0.461 e. The third kappa shape index (κ3) is 3.85. The molecule has 5 aliphatic rings. The average Bonchev–Trinajstić information content (AvgIpc) is 3.64. The molecule has 1 aromatic heterocycles. The number of benzene rings is 2. The van der Waals surface area contributed by atoms with E-state index < -0.39 is 0 Å². The Morgan fingerprint density at radius 2 is 1.68 bits per heavy atom. The zero-order chi connectivity index (χ0) is 25.1. The Morgan fingerprint density at radius 3 is 2.53 bits per heavy atom. The lowest BCUT2D eigenvalue weighted by atomic mass is 9.95. The molecule has 198 valence electrons. The second kappa shape index (κ2) is 9.09. The van der Waals surface area contributed by atoms with Gasteiger partial charge in [-0.2, -0.15) is 9.97 Å². The van der Waals surface area contributed by atoms with E-state index >= 15 is 0 Å². The third-order valence-electron chi connectivity index (χ3n) is 9.93. The highest BCUT2D eigenvalue weighted by Gasteiger charge is 2.45. The Hall–Kier alpha value is -2.90. The SMILES string of the molecule is c1ccc2c(N3CCc4c(nc(OCC56CCCN5CCC6)nc4N4CC5CCC(C4)N5)C3)cccc2c1. The van der Waals surface area contributed by atoms with Crippen LogP contribution in [0.15, 0.2) is 42.5 Å². The van der Waals surface area contributed by atoms with Crippen molar-refractivity contribution < 1.29 is 4.74 Å². The Morgan fingerprint density at radius 1 is 0.895 bits per heavy atom. The standard InChI is InChI=1S/C31H38N6O/c1-2-8-25-22(6-1)7-3-9-28(25)35-17-12-26-27(20-35)33-30(38-21-31-13-4-15-37(31)16-5-14-31)34-29(26)36-18-23-10-11-24(19-36)32-23/h1-3,6-9,23-24,32H,4-5,10-21H2. The van der Waals surface area contributed by atoms with Gasteiger partial charge in [0.05, 0.1) is 17.8 Å². The molecule has 5 aliphatic heterocycles. The molecule has 8 rings (SSSR count). The first-order valence-corrected chi connectivity index (χ1v) is 14.8. The smallest absolute Gasteiger partial charge is 0.318 e. The molecule has 0 radical (unpaired) electrons. The molecule has 4 saturated heterocycles. The Labute approximate surface area is 225 Å². The van der Waals surface area contributed by atoms with Gasteiger partial charge in [0.25, 0.3) is 0 Å². The molecule has 0 spiro atoms. The van der Waals surface area contributed by atoms with Crippen molar-refractivity contribution in [2.45, 2.75) is 69.1 Å². The normalized spacial score (nSPS) is 26.1. The van der Waals surface area contributed by atoms with Gasteiger partial charge < -0.3 is 19.9 Å². The number of piperazine rings is 1. The first kappa shape index (κ1) is 23.0. The van der Waals surface area contributed by atoms with Gasteiger partial charge in [0.15, 0.2) is 0 Å². The van der Waals surface area contributed by atoms with Crippen LogP contribution >= 0.6 is 0 Å². The van der Waals surface area contributed by atoms with E-state index in [0.29, 0.717) is 24.7 Å². The van der Waals surface area contributed by atoms with Gasteiger partial charge in [-0.3, -0.25) is 4.90 Å². The molecule has 0 aliphatic carbocycles. The van der Waals surface area contributed by atoms with E-state index in [1.165, 1.54) is 73.6 Å². The summed E-state index contributed by atoms with van der Waals surface area (Å²) in [6.45, 7) is 6.98. The monoisotopic (exact) mass is 510 g/mol. The summed E-state index contributed by atoms with van der Waals surface area (Å²) in [5, 5.41) is 6.38. The van der Waals surface area contributed by atoms with Crippen molar-refractivity contribution in [3.05, 3.63) is 53.7 Å². The van der Waals surface area contributed by atoms with Gasteiger partial charge >= 0.3 is 6.01 Å². The van der Waals surface area contributed by atoms with Crippen LogP contribution in [0.3, 0.4) is 0 Å². The summed E-state index contributed by atoms with van der Waals surface area (Å²) in [5.41, 5.74) is 3.96. The van der Waals surface area contributed by atoms with Gasteiger partial charge in [-0.25, -0.2) is 0 Å². The van der Waals surface area contributed by atoms with Crippen LogP contribution < -0.4 is 19.9 Å². The minimum atomic E-state index is 0.197. The van der Waals surface area contributed by atoms with Crippen molar-refractivity contribution >= 4 is 22.3 Å². The van der Waals surface area contributed by atoms with Crippen LogP contribution in [0.4, 0.5) is 11.5 Å². The van der Waals surface area contributed by atoms with Crippen LogP contribution in [0.2, 0.25) is 0 Å². The van der Waals surface area contributed by atoms with E-state index in [1.54, 1.807) is 0 Å².